The van der Waals surface area contributed by atoms with E-state index in [2.05, 4.69) is 0 Å². The van der Waals surface area contributed by atoms with Gasteiger partial charge in [-0.05, 0) is 18.5 Å². The molecule has 0 radical (unpaired) electrons. The van der Waals surface area contributed by atoms with Gasteiger partial charge in [0.15, 0.2) is 0 Å². The van der Waals surface area contributed by atoms with Gasteiger partial charge in [-0.3, -0.25) is 4.79 Å². The van der Waals surface area contributed by atoms with Crippen molar-refractivity contribution in [1.29, 1.82) is 0 Å². The second kappa shape index (κ2) is 6.45. The van der Waals surface area contributed by atoms with Gasteiger partial charge in [0, 0.05) is 5.75 Å². The fourth-order valence-electron chi connectivity index (χ4n) is 0.458. The molecule has 0 aromatic rings. The summed E-state index contributed by atoms with van der Waals surface area (Å²) in [5.74, 6) is -0.267. The van der Waals surface area contributed by atoms with Gasteiger partial charge >= 0.3 is 5.97 Å². The molecule has 5 heteroatoms. The zero-order valence-electron chi connectivity index (χ0n) is 6.45. The van der Waals surface area contributed by atoms with Crippen molar-refractivity contribution in [2.75, 3.05) is 12.4 Å². The summed E-state index contributed by atoms with van der Waals surface area (Å²) in [5, 5.41) is 0. The Balaban J connectivity index is 3.47. The highest BCUT2D eigenvalue weighted by Crippen LogP contribution is 1.96. The summed E-state index contributed by atoms with van der Waals surface area (Å²) in [6, 6.07) is -0.712. The maximum absolute atomic E-state index is 10.8. The molecule has 0 saturated carbocycles. The molecule has 0 unspecified atom stereocenters. The normalized spacial score (nSPS) is 12.6. The Kier molecular flexibility index (Phi) is 6.30. The zero-order chi connectivity index (χ0) is 8.69. The zero-order valence-corrected chi connectivity index (χ0v) is 7.26. The topological polar surface area (TPSA) is 72.5 Å². The van der Waals surface area contributed by atoms with Crippen LogP contribution in [0.3, 0.4) is 0 Å². The van der Waals surface area contributed by atoms with Gasteiger partial charge in [-0.15, -0.1) is 0 Å². The summed E-state index contributed by atoms with van der Waals surface area (Å²) < 4.78 is 13.1. The molecule has 0 rings (SSSR count). The first kappa shape index (κ1) is 10.7. The van der Waals surface area contributed by atoms with E-state index in [4.69, 9.17) is 15.0 Å². The van der Waals surface area contributed by atoms with Crippen LogP contribution in [0.2, 0.25) is 0 Å². The SMILES string of the molecule is CCCOC(=O)[C@@H](N)CSO. The first-order chi connectivity index (χ1) is 5.22. The number of ether oxygens (including phenoxy) is 1. The lowest BCUT2D eigenvalue weighted by atomic mass is 10.4. The number of rotatable bonds is 5. The minimum atomic E-state index is -0.712. The van der Waals surface area contributed by atoms with Crippen LogP contribution in [0.4, 0.5) is 0 Å². The standard InChI is InChI=1S/C6H13NO3S/c1-2-3-10-6(8)5(7)4-11-9/h5,9H,2-4,7H2,1H3/t5-/m0/s1. The molecule has 0 aliphatic rings. The average molecular weight is 179 g/mol. The van der Waals surface area contributed by atoms with Gasteiger partial charge in [0.05, 0.1) is 6.61 Å². The lowest BCUT2D eigenvalue weighted by Gasteiger charge is -2.07. The maximum atomic E-state index is 10.8. The second-order valence-electron chi connectivity index (χ2n) is 2.07. The second-order valence-corrected chi connectivity index (χ2v) is 2.66. The van der Waals surface area contributed by atoms with E-state index in [1.165, 1.54) is 0 Å². The van der Waals surface area contributed by atoms with E-state index in [1.54, 1.807) is 0 Å². The Morgan fingerprint density at radius 2 is 2.45 bits per heavy atom. The van der Waals surface area contributed by atoms with Crippen LogP contribution in [0.5, 0.6) is 0 Å². The van der Waals surface area contributed by atoms with Gasteiger partial charge in [-0.2, -0.15) is 0 Å². The first-order valence-electron chi connectivity index (χ1n) is 3.41. The van der Waals surface area contributed by atoms with E-state index in [0.717, 1.165) is 6.42 Å². The third kappa shape index (κ3) is 5.06. The molecule has 0 amide bonds. The molecule has 0 aliphatic carbocycles. The molecule has 0 heterocycles. The molecule has 0 fully saturated rings. The summed E-state index contributed by atoms with van der Waals surface area (Å²) >= 11 is 0.546. The van der Waals surface area contributed by atoms with E-state index < -0.39 is 12.0 Å². The lowest BCUT2D eigenvalue weighted by Crippen LogP contribution is -2.34. The van der Waals surface area contributed by atoms with Crippen LogP contribution < -0.4 is 5.73 Å². The monoisotopic (exact) mass is 179 g/mol. The molecule has 0 spiro atoms. The van der Waals surface area contributed by atoms with E-state index in [-0.39, 0.29) is 5.75 Å². The summed E-state index contributed by atoms with van der Waals surface area (Å²) in [6.45, 7) is 2.29. The van der Waals surface area contributed by atoms with E-state index in [1.807, 2.05) is 6.92 Å². The number of hydrogen-bond donors (Lipinski definition) is 2. The Bertz CT molecular complexity index is 120. The van der Waals surface area contributed by atoms with Crippen molar-refractivity contribution in [3.63, 3.8) is 0 Å². The number of nitrogens with two attached hydrogens (primary N) is 1. The van der Waals surface area contributed by atoms with Gasteiger partial charge in [0.2, 0.25) is 0 Å². The van der Waals surface area contributed by atoms with Crippen molar-refractivity contribution in [1.82, 2.24) is 0 Å². The van der Waals surface area contributed by atoms with Crippen LogP contribution in [0.25, 0.3) is 0 Å². The van der Waals surface area contributed by atoms with Crippen molar-refractivity contribution < 1.29 is 14.1 Å². The molecule has 0 saturated heterocycles. The van der Waals surface area contributed by atoms with Crippen molar-refractivity contribution >= 4 is 18.0 Å². The van der Waals surface area contributed by atoms with Crippen molar-refractivity contribution in [2.24, 2.45) is 5.73 Å². The van der Waals surface area contributed by atoms with E-state index in [9.17, 15) is 4.79 Å². The molecule has 66 valence electrons. The number of carbonyl (C=O) groups is 1. The fourth-order valence-corrected chi connectivity index (χ4v) is 0.755. The van der Waals surface area contributed by atoms with E-state index >= 15 is 0 Å². The molecular weight excluding hydrogens is 166 g/mol. The molecule has 1 atom stereocenters. The number of esters is 1. The van der Waals surface area contributed by atoms with Gasteiger partial charge < -0.3 is 15.0 Å². The van der Waals surface area contributed by atoms with Gasteiger partial charge in [-0.25, -0.2) is 0 Å². The molecule has 4 nitrogen and oxygen atoms in total. The van der Waals surface area contributed by atoms with E-state index in [0.29, 0.717) is 18.6 Å². The van der Waals surface area contributed by atoms with Gasteiger partial charge in [-0.1, -0.05) is 6.92 Å². The van der Waals surface area contributed by atoms with Crippen LogP contribution in [0, 0.1) is 0 Å². The van der Waals surface area contributed by atoms with Crippen LogP contribution >= 0.6 is 12.0 Å². The summed E-state index contributed by atoms with van der Waals surface area (Å²) in [4.78, 5) is 10.8. The Hall–Kier alpha value is -0.260. The highest BCUT2D eigenvalue weighted by Gasteiger charge is 2.13. The molecular formula is C6H13NO3S. The predicted octanol–water partition coefficient (Wildman–Crippen LogP) is 0.473. The van der Waals surface area contributed by atoms with Crippen molar-refractivity contribution in [3.05, 3.63) is 0 Å². The molecule has 0 aromatic carbocycles. The highest BCUT2D eigenvalue weighted by atomic mass is 32.2. The molecule has 0 bridgehead atoms. The first-order valence-corrected chi connectivity index (χ1v) is 4.35. The third-order valence-corrected chi connectivity index (χ3v) is 1.51. The minimum Gasteiger partial charge on any atom is -0.465 e. The fraction of sp³-hybridized carbons (Fsp3) is 0.833. The van der Waals surface area contributed by atoms with Crippen LogP contribution in [-0.4, -0.2) is 28.9 Å². The maximum Gasteiger partial charge on any atom is 0.323 e. The summed E-state index contributed by atoms with van der Waals surface area (Å²) in [7, 11) is 0. The molecule has 3 N–H and O–H groups in total. The predicted molar refractivity (Wildman–Crippen MR) is 44.3 cm³/mol. The van der Waals surface area contributed by atoms with Gasteiger partial charge in [0.25, 0.3) is 0 Å². The van der Waals surface area contributed by atoms with Crippen LogP contribution in [-0.2, 0) is 9.53 Å². The van der Waals surface area contributed by atoms with Crippen LogP contribution in [0.15, 0.2) is 0 Å². The van der Waals surface area contributed by atoms with Crippen LogP contribution in [0.1, 0.15) is 13.3 Å². The minimum absolute atomic E-state index is 0.183. The lowest BCUT2D eigenvalue weighted by molar-refractivity contribution is -0.144. The Morgan fingerprint density at radius 3 is 2.91 bits per heavy atom. The molecule has 0 aliphatic heterocycles. The third-order valence-electron chi connectivity index (χ3n) is 1.01. The quantitative estimate of drug-likeness (QED) is 0.474. The summed E-state index contributed by atoms with van der Waals surface area (Å²) in [5.41, 5.74) is 5.31. The summed E-state index contributed by atoms with van der Waals surface area (Å²) in [6.07, 6.45) is 0.782. The van der Waals surface area contributed by atoms with Crippen molar-refractivity contribution in [3.8, 4) is 0 Å². The smallest absolute Gasteiger partial charge is 0.323 e. The highest BCUT2D eigenvalue weighted by molar-refractivity contribution is 7.93. The largest absolute Gasteiger partial charge is 0.465 e. The molecule has 0 aromatic heterocycles. The molecule has 11 heavy (non-hydrogen) atoms. The average Bonchev–Trinajstić information content (AvgIpc) is 2.00. The Labute approximate surface area is 70.3 Å². The number of carbonyl (C=O) groups excluding carboxylic acids is 1. The Morgan fingerprint density at radius 1 is 1.82 bits per heavy atom. The van der Waals surface area contributed by atoms with Crippen molar-refractivity contribution in [2.45, 2.75) is 19.4 Å². The van der Waals surface area contributed by atoms with Gasteiger partial charge in [0.1, 0.15) is 6.04 Å². The number of hydrogen-bond acceptors (Lipinski definition) is 5.